The number of benzene rings is 2. The third-order valence-electron chi connectivity index (χ3n) is 5.33. The van der Waals surface area contributed by atoms with Crippen molar-refractivity contribution >= 4 is 27.6 Å². The lowest BCUT2D eigenvalue weighted by atomic mass is 10.0. The zero-order valence-electron chi connectivity index (χ0n) is 15.8. The van der Waals surface area contributed by atoms with E-state index in [4.69, 9.17) is 0 Å². The molecule has 0 bridgehead atoms. The van der Waals surface area contributed by atoms with Crippen molar-refractivity contribution in [1.29, 1.82) is 0 Å². The number of rotatable bonds is 3. The van der Waals surface area contributed by atoms with Crippen molar-refractivity contribution in [3.05, 3.63) is 53.6 Å². The Kier molecular flexibility index (Phi) is 4.88. The van der Waals surface area contributed by atoms with Crippen LogP contribution in [0.4, 0.5) is 13.2 Å². The number of nitrogens with zero attached hydrogens (tertiary/aromatic N) is 1. The Balaban J connectivity index is 1.59. The molecule has 1 saturated heterocycles. The van der Waals surface area contributed by atoms with Crippen LogP contribution in [0.5, 0.6) is 0 Å². The highest BCUT2D eigenvalue weighted by atomic mass is 32.2. The molecule has 11 heteroatoms. The van der Waals surface area contributed by atoms with Gasteiger partial charge in [0.15, 0.2) is 0 Å². The van der Waals surface area contributed by atoms with Gasteiger partial charge in [-0.1, -0.05) is 18.2 Å². The summed E-state index contributed by atoms with van der Waals surface area (Å²) in [7, 11) is -5.43. The standard InChI is InChI=1S/C20H15F3N2O5S/c21-20(22,23)31(29,30)14-4-1-11(2-5-14)12-3-6-15-13(9-12)10-25(19(15)28)16-7-8-17(26)24-18(16)27/h1-6,9,16H,7-8,10H2,(H,24,26,27). The zero-order chi connectivity index (χ0) is 22.6. The number of imide groups is 1. The molecule has 0 aromatic heterocycles. The third-order valence-corrected chi connectivity index (χ3v) is 6.83. The molecule has 2 heterocycles. The van der Waals surface area contributed by atoms with E-state index >= 15 is 0 Å². The first kappa shape index (κ1) is 21.0. The summed E-state index contributed by atoms with van der Waals surface area (Å²) in [5.74, 6) is -1.26. The van der Waals surface area contributed by atoms with Gasteiger partial charge in [0.1, 0.15) is 6.04 Å². The SMILES string of the molecule is O=C1CCC(N2Cc3cc(-c4ccc(S(=O)(=O)C(F)(F)F)cc4)ccc3C2=O)C(=O)N1. The minimum atomic E-state index is -5.43. The lowest BCUT2D eigenvalue weighted by Crippen LogP contribution is -2.52. The number of hydrogen-bond acceptors (Lipinski definition) is 5. The molecule has 1 fully saturated rings. The van der Waals surface area contributed by atoms with Crippen LogP contribution in [0.25, 0.3) is 11.1 Å². The molecule has 2 aliphatic heterocycles. The average Bonchev–Trinajstić information content (AvgIpc) is 3.03. The van der Waals surface area contributed by atoms with Gasteiger partial charge in [-0.05, 0) is 47.4 Å². The maximum absolute atomic E-state index is 12.7. The smallest absolute Gasteiger partial charge is 0.322 e. The van der Waals surface area contributed by atoms with Gasteiger partial charge in [0.25, 0.3) is 15.7 Å². The molecular weight excluding hydrogens is 437 g/mol. The van der Waals surface area contributed by atoms with E-state index in [-0.39, 0.29) is 31.2 Å². The van der Waals surface area contributed by atoms with Gasteiger partial charge in [0, 0.05) is 18.5 Å². The zero-order valence-corrected chi connectivity index (χ0v) is 16.6. The number of hydrogen-bond donors (Lipinski definition) is 1. The molecule has 2 aromatic carbocycles. The highest BCUT2D eigenvalue weighted by Crippen LogP contribution is 2.33. The fraction of sp³-hybridized carbons (Fsp3) is 0.250. The molecule has 0 spiro atoms. The fourth-order valence-corrected chi connectivity index (χ4v) is 4.48. The summed E-state index contributed by atoms with van der Waals surface area (Å²) in [5, 5.41) is 2.22. The predicted octanol–water partition coefficient (Wildman–Crippen LogP) is 2.41. The molecule has 2 aliphatic rings. The quantitative estimate of drug-likeness (QED) is 0.721. The van der Waals surface area contributed by atoms with Gasteiger partial charge in [-0.3, -0.25) is 19.7 Å². The lowest BCUT2D eigenvalue weighted by molar-refractivity contribution is -0.136. The van der Waals surface area contributed by atoms with Crippen LogP contribution in [-0.4, -0.2) is 42.6 Å². The summed E-state index contributed by atoms with van der Waals surface area (Å²) in [6.07, 6.45) is 0.362. The van der Waals surface area contributed by atoms with E-state index in [1.807, 2.05) is 0 Å². The minimum absolute atomic E-state index is 0.134. The summed E-state index contributed by atoms with van der Waals surface area (Å²) in [6.45, 7) is 0.148. The van der Waals surface area contributed by atoms with Crippen LogP contribution in [0.15, 0.2) is 47.4 Å². The van der Waals surface area contributed by atoms with Gasteiger partial charge in [-0.2, -0.15) is 13.2 Å². The second-order valence-corrected chi connectivity index (χ2v) is 9.19. The number of fused-ring (bicyclic) bond motifs is 1. The molecule has 1 unspecified atom stereocenters. The Bertz CT molecular complexity index is 1210. The molecule has 31 heavy (non-hydrogen) atoms. The van der Waals surface area contributed by atoms with Gasteiger partial charge in [0.2, 0.25) is 11.8 Å². The highest BCUT2D eigenvalue weighted by Gasteiger charge is 2.46. The third kappa shape index (κ3) is 3.58. The van der Waals surface area contributed by atoms with Crippen LogP contribution in [-0.2, 0) is 26.0 Å². The average molecular weight is 452 g/mol. The molecule has 0 aliphatic carbocycles. The predicted molar refractivity (Wildman–Crippen MR) is 101 cm³/mol. The number of carbonyl (C=O) groups is 3. The Morgan fingerprint density at radius 2 is 1.61 bits per heavy atom. The van der Waals surface area contributed by atoms with Crippen molar-refractivity contribution in [2.45, 2.75) is 35.8 Å². The Morgan fingerprint density at radius 1 is 0.968 bits per heavy atom. The van der Waals surface area contributed by atoms with Crippen LogP contribution in [0, 0.1) is 0 Å². The van der Waals surface area contributed by atoms with E-state index in [9.17, 15) is 36.0 Å². The van der Waals surface area contributed by atoms with Gasteiger partial charge in [0.05, 0.1) is 4.90 Å². The van der Waals surface area contributed by atoms with E-state index in [2.05, 4.69) is 5.32 Å². The number of amides is 3. The maximum atomic E-state index is 12.7. The van der Waals surface area contributed by atoms with Crippen molar-refractivity contribution in [3.8, 4) is 11.1 Å². The van der Waals surface area contributed by atoms with Crippen LogP contribution in [0.1, 0.15) is 28.8 Å². The minimum Gasteiger partial charge on any atom is -0.322 e. The number of carbonyl (C=O) groups excluding carboxylic acids is 3. The first-order valence-corrected chi connectivity index (χ1v) is 10.7. The van der Waals surface area contributed by atoms with Crippen molar-refractivity contribution < 1.29 is 36.0 Å². The van der Waals surface area contributed by atoms with Crippen LogP contribution in [0.3, 0.4) is 0 Å². The monoisotopic (exact) mass is 452 g/mol. The summed E-state index contributed by atoms with van der Waals surface area (Å²) >= 11 is 0. The van der Waals surface area contributed by atoms with E-state index in [1.165, 1.54) is 17.0 Å². The second kappa shape index (κ2) is 7.19. The van der Waals surface area contributed by atoms with Gasteiger partial charge in [-0.25, -0.2) is 8.42 Å². The van der Waals surface area contributed by atoms with E-state index in [0.717, 1.165) is 12.1 Å². The Morgan fingerprint density at radius 3 is 2.23 bits per heavy atom. The molecule has 1 N–H and O–H groups in total. The Labute approximate surface area is 174 Å². The van der Waals surface area contributed by atoms with E-state index in [0.29, 0.717) is 22.3 Å². The molecular formula is C20H15F3N2O5S. The van der Waals surface area contributed by atoms with Crippen molar-refractivity contribution in [1.82, 2.24) is 10.2 Å². The fourth-order valence-electron chi connectivity index (χ4n) is 3.71. The molecule has 162 valence electrons. The molecule has 7 nitrogen and oxygen atoms in total. The van der Waals surface area contributed by atoms with Crippen LogP contribution >= 0.6 is 0 Å². The molecule has 2 aromatic rings. The van der Waals surface area contributed by atoms with Crippen molar-refractivity contribution in [2.75, 3.05) is 0 Å². The van der Waals surface area contributed by atoms with Gasteiger partial charge < -0.3 is 4.90 Å². The molecule has 0 saturated carbocycles. The number of halogens is 3. The number of nitrogens with one attached hydrogen (secondary N) is 1. The summed E-state index contributed by atoms with van der Waals surface area (Å²) in [6, 6.07) is 8.35. The summed E-state index contributed by atoms with van der Waals surface area (Å²) in [5.41, 5.74) is -3.32. The van der Waals surface area contributed by atoms with Crippen molar-refractivity contribution in [2.24, 2.45) is 0 Å². The molecule has 1 atom stereocenters. The first-order valence-electron chi connectivity index (χ1n) is 9.18. The highest BCUT2D eigenvalue weighted by molar-refractivity contribution is 7.92. The molecule has 0 radical (unpaired) electrons. The lowest BCUT2D eigenvalue weighted by Gasteiger charge is -2.29. The topological polar surface area (TPSA) is 101 Å². The summed E-state index contributed by atoms with van der Waals surface area (Å²) < 4.78 is 61.1. The number of piperidine rings is 1. The number of sulfone groups is 1. The van der Waals surface area contributed by atoms with E-state index < -0.39 is 32.2 Å². The molecule has 3 amide bonds. The maximum Gasteiger partial charge on any atom is 0.501 e. The van der Waals surface area contributed by atoms with Crippen LogP contribution in [0.2, 0.25) is 0 Å². The largest absolute Gasteiger partial charge is 0.501 e. The Hall–Kier alpha value is -3.21. The van der Waals surface area contributed by atoms with E-state index in [1.54, 1.807) is 18.2 Å². The van der Waals surface area contributed by atoms with Gasteiger partial charge in [-0.15, -0.1) is 0 Å². The number of alkyl halides is 3. The van der Waals surface area contributed by atoms with Gasteiger partial charge >= 0.3 is 5.51 Å². The van der Waals surface area contributed by atoms with Crippen molar-refractivity contribution in [3.63, 3.8) is 0 Å². The summed E-state index contributed by atoms with van der Waals surface area (Å²) in [4.78, 5) is 36.7. The second-order valence-electron chi connectivity index (χ2n) is 7.25. The first-order chi connectivity index (χ1) is 14.5. The normalized spacial score (nSPS) is 19.4. The van der Waals surface area contributed by atoms with Crippen LogP contribution < -0.4 is 5.32 Å². The molecule has 4 rings (SSSR count).